The second-order valence-electron chi connectivity index (χ2n) is 1.57. The van der Waals surface area contributed by atoms with Gasteiger partial charge in [-0.15, -0.1) is 0 Å². The highest BCUT2D eigenvalue weighted by Gasteiger charge is 1.95. The summed E-state index contributed by atoms with van der Waals surface area (Å²) < 4.78 is 0. The van der Waals surface area contributed by atoms with Crippen molar-refractivity contribution >= 4 is 12.3 Å². The molecule has 0 rings (SSSR count). The quantitative estimate of drug-likeness (QED) is 0.387. The Labute approximate surface area is 58.4 Å². The van der Waals surface area contributed by atoms with Crippen molar-refractivity contribution in [2.75, 3.05) is 19.7 Å². The van der Waals surface area contributed by atoms with Crippen LogP contribution in [0.5, 0.6) is 0 Å². The molecule has 10 heavy (non-hydrogen) atoms. The van der Waals surface area contributed by atoms with Crippen LogP contribution in [-0.4, -0.2) is 37.1 Å². The Morgan fingerprint density at radius 2 is 2.30 bits per heavy atom. The van der Waals surface area contributed by atoms with Gasteiger partial charge < -0.3 is 15.7 Å². The molecule has 0 bridgehead atoms. The molecular formula is C5H10N2O3. The zero-order chi connectivity index (χ0) is 7.82. The van der Waals surface area contributed by atoms with Gasteiger partial charge in [0.1, 0.15) is 0 Å². The van der Waals surface area contributed by atoms with Crippen molar-refractivity contribution in [2.45, 2.75) is 0 Å². The highest BCUT2D eigenvalue weighted by molar-refractivity contribution is 5.79. The van der Waals surface area contributed by atoms with E-state index in [1.54, 1.807) is 0 Å². The van der Waals surface area contributed by atoms with Crippen LogP contribution in [0.15, 0.2) is 0 Å². The van der Waals surface area contributed by atoms with Gasteiger partial charge in [-0.05, 0) is 0 Å². The highest BCUT2D eigenvalue weighted by Crippen LogP contribution is 1.60. The lowest BCUT2D eigenvalue weighted by molar-refractivity contribution is -0.122. The van der Waals surface area contributed by atoms with Crippen molar-refractivity contribution in [3.05, 3.63) is 0 Å². The number of hydrogen-bond acceptors (Lipinski definition) is 3. The Morgan fingerprint density at radius 3 is 2.80 bits per heavy atom. The smallest absolute Gasteiger partial charge is 0.239 e. The number of aliphatic hydroxyl groups is 1. The number of carbonyl (C=O) groups is 2. The number of carbonyl (C=O) groups excluding carboxylic acids is 2. The maximum atomic E-state index is 10.5. The zero-order valence-electron chi connectivity index (χ0n) is 5.46. The van der Waals surface area contributed by atoms with Gasteiger partial charge in [0, 0.05) is 6.54 Å². The minimum atomic E-state index is -0.304. The Bertz CT molecular complexity index is 115. The first-order chi connectivity index (χ1) is 4.81. The first kappa shape index (κ1) is 8.90. The standard InChI is InChI=1S/C5H10N2O3/c8-2-1-7-5(10)3-6-4-9/h4,8H,1-3H2,(H,6,9)(H,7,10). The van der Waals surface area contributed by atoms with Crippen molar-refractivity contribution in [1.82, 2.24) is 10.6 Å². The van der Waals surface area contributed by atoms with Crippen molar-refractivity contribution in [1.29, 1.82) is 0 Å². The fraction of sp³-hybridized carbons (Fsp3) is 0.600. The van der Waals surface area contributed by atoms with Crippen LogP contribution < -0.4 is 10.6 Å². The van der Waals surface area contributed by atoms with Crippen molar-refractivity contribution < 1.29 is 14.7 Å². The molecule has 0 fully saturated rings. The van der Waals surface area contributed by atoms with E-state index in [-0.39, 0.29) is 25.6 Å². The molecule has 0 atom stereocenters. The Balaban J connectivity index is 3.16. The molecule has 0 aromatic heterocycles. The lowest BCUT2D eigenvalue weighted by Crippen LogP contribution is -2.34. The average Bonchev–Trinajstić information content (AvgIpc) is 1.97. The minimum absolute atomic E-state index is 0.0382. The molecule has 0 radical (unpaired) electrons. The van der Waals surface area contributed by atoms with E-state index in [1.807, 2.05) is 0 Å². The molecule has 0 aliphatic heterocycles. The number of nitrogens with one attached hydrogen (secondary N) is 2. The van der Waals surface area contributed by atoms with Crippen LogP contribution in [-0.2, 0) is 9.59 Å². The van der Waals surface area contributed by atoms with E-state index in [9.17, 15) is 9.59 Å². The van der Waals surface area contributed by atoms with E-state index >= 15 is 0 Å². The van der Waals surface area contributed by atoms with Crippen LogP contribution in [0.25, 0.3) is 0 Å². The fourth-order valence-corrected chi connectivity index (χ4v) is 0.392. The highest BCUT2D eigenvalue weighted by atomic mass is 16.3. The van der Waals surface area contributed by atoms with Crippen LogP contribution in [0.4, 0.5) is 0 Å². The van der Waals surface area contributed by atoms with Crippen molar-refractivity contribution in [2.24, 2.45) is 0 Å². The summed E-state index contributed by atoms with van der Waals surface area (Å²) in [5.74, 6) is -0.304. The van der Waals surface area contributed by atoms with Crippen LogP contribution >= 0.6 is 0 Å². The third kappa shape index (κ3) is 5.04. The van der Waals surface area contributed by atoms with Gasteiger partial charge in [0.05, 0.1) is 13.2 Å². The molecule has 0 aliphatic carbocycles. The molecule has 0 saturated carbocycles. The molecule has 5 nitrogen and oxygen atoms in total. The third-order valence-corrected chi connectivity index (χ3v) is 0.780. The van der Waals surface area contributed by atoms with Crippen LogP contribution in [0.2, 0.25) is 0 Å². The van der Waals surface area contributed by atoms with Gasteiger partial charge in [-0.25, -0.2) is 0 Å². The molecule has 0 aliphatic rings. The Morgan fingerprint density at radius 1 is 1.60 bits per heavy atom. The predicted molar refractivity (Wildman–Crippen MR) is 34.2 cm³/mol. The molecule has 0 saturated heterocycles. The number of aliphatic hydroxyl groups excluding tert-OH is 1. The van der Waals surface area contributed by atoms with E-state index < -0.39 is 0 Å². The second-order valence-corrected chi connectivity index (χ2v) is 1.57. The van der Waals surface area contributed by atoms with Gasteiger partial charge in [-0.1, -0.05) is 0 Å². The molecule has 0 heterocycles. The summed E-state index contributed by atoms with van der Waals surface area (Å²) in [5, 5.41) is 12.8. The van der Waals surface area contributed by atoms with Gasteiger partial charge in [-0.3, -0.25) is 9.59 Å². The first-order valence-electron chi connectivity index (χ1n) is 2.86. The third-order valence-electron chi connectivity index (χ3n) is 0.780. The van der Waals surface area contributed by atoms with Gasteiger partial charge in [0.2, 0.25) is 12.3 Å². The number of amides is 2. The molecule has 0 spiro atoms. The largest absolute Gasteiger partial charge is 0.395 e. The number of hydrogen-bond donors (Lipinski definition) is 3. The lowest BCUT2D eigenvalue weighted by atomic mass is 10.5. The van der Waals surface area contributed by atoms with Crippen molar-refractivity contribution in [3.8, 4) is 0 Å². The summed E-state index contributed by atoms with van der Waals surface area (Å²) in [7, 11) is 0. The van der Waals surface area contributed by atoms with E-state index in [0.29, 0.717) is 6.41 Å². The van der Waals surface area contributed by atoms with Crippen LogP contribution in [0, 0.1) is 0 Å². The van der Waals surface area contributed by atoms with Crippen LogP contribution in [0.1, 0.15) is 0 Å². The second kappa shape index (κ2) is 6.03. The summed E-state index contributed by atoms with van der Waals surface area (Å²) in [6, 6.07) is 0. The lowest BCUT2D eigenvalue weighted by Gasteiger charge is -2.00. The van der Waals surface area contributed by atoms with E-state index in [0.717, 1.165) is 0 Å². The normalized spacial score (nSPS) is 8.50. The molecule has 0 aromatic carbocycles. The van der Waals surface area contributed by atoms with E-state index in [1.165, 1.54) is 0 Å². The van der Waals surface area contributed by atoms with Gasteiger partial charge >= 0.3 is 0 Å². The van der Waals surface area contributed by atoms with Crippen molar-refractivity contribution in [3.63, 3.8) is 0 Å². The molecule has 58 valence electrons. The van der Waals surface area contributed by atoms with Gasteiger partial charge in [0.15, 0.2) is 0 Å². The fourth-order valence-electron chi connectivity index (χ4n) is 0.392. The van der Waals surface area contributed by atoms with E-state index in [2.05, 4.69) is 10.6 Å². The summed E-state index contributed by atoms with van der Waals surface area (Å²) in [6.45, 7) is 0.0930. The molecule has 2 amide bonds. The predicted octanol–water partition coefficient (Wildman–Crippen LogP) is -2.16. The van der Waals surface area contributed by atoms with E-state index in [4.69, 9.17) is 5.11 Å². The minimum Gasteiger partial charge on any atom is -0.395 e. The first-order valence-corrected chi connectivity index (χ1v) is 2.86. The molecule has 5 heteroatoms. The number of rotatable bonds is 5. The molecular weight excluding hydrogens is 136 g/mol. The summed E-state index contributed by atoms with van der Waals surface area (Å²) in [5.41, 5.74) is 0. The summed E-state index contributed by atoms with van der Waals surface area (Å²) >= 11 is 0. The average molecular weight is 146 g/mol. The summed E-state index contributed by atoms with van der Waals surface area (Å²) in [6.07, 6.45) is 0.443. The molecule has 0 unspecified atom stereocenters. The molecule has 3 N–H and O–H groups in total. The Kier molecular flexibility index (Phi) is 5.36. The summed E-state index contributed by atoms with van der Waals surface area (Å²) in [4.78, 5) is 20.2. The molecule has 0 aromatic rings. The zero-order valence-corrected chi connectivity index (χ0v) is 5.46. The van der Waals surface area contributed by atoms with Crippen LogP contribution in [0.3, 0.4) is 0 Å². The Hall–Kier alpha value is -1.10. The maximum Gasteiger partial charge on any atom is 0.239 e. The van der Waals surface area contributed by atoms with Gasteiger partial charge in [0.25, 0.3) is 0 Å². The maximum absolute atomic E-state index is 10.5. The topological polar surface area (TPSA) is 78.4 Å². The monoisotopic (exact) mass is 146 g/mol. The van der Waals surface area contributed by atoms with Gasteiger partial charge in [-0.2, -0.15) is 0 Å². The SMILES string of the molecule is O=CNCC(=O)NCCO.